The molecule has 1 unspecified atom stereocenters. The number of hydrogen-bond acceptors (Lipinski definition) is 12. The van der Waals surface area contributed by atoms with Crippen LogP contribution in [0.15, 0.2) is 35.9 Å². The molecule has 3 aliphatic rings. The SMILES string of the molecule is CC.COc1cc2cc(c1Cl)N(C)C(=O)C[C@H](OC(=O)[C@H](C)N(C)C(=O)CCC(C)(C)SSCCCC(N)=O)C1(C)C[C@H]1[C@H](C)[C@@H]1C[C@@](O)(NC(=O)O1)[C@H](OC)/C=C/C=C(\C)C2. The van der Waals surface area contributed by atoms with Crippen LogP contribution in [-0.2, 0) is 39.8 Å². The maximum Gasteiger partial charge on any atom is 0.409 e. The number of ether oxygens (including phenoxy) is 4. The molecule has 4 rings (SSSR count). The van der Waals surface area contributed by atoms with Crippen LogP contribution in [0.25, 0.3) is 0 Å². The van der Waals surface area contributed by atoms with Gasteiger partial charge in [-0.2, -0.15) is 0 Å². The number of likely N-dealkylation sites (N-methyl/N-ethyl adjacent to an activating group) is 1. The molecule has 17 heteroatoms. The lowest BCUT2D eigenvalue weighted by Crippen LogP contribution is -2.63. The summed E-state index contributed by atoms with van der Waals surface area (Å²) in [7, 11) is 9.41. The Hall–Kier alpha value is -3.44. The number of nitrogens with two attached hydrogens (primary N) is 1. The van der Waals surface area contributed by atoms with E-state index in [1.165, 1.54) is 24.0 Å². The minimum absolute atomic E-state index is 0.0154. The molecule has 2 aliphatic heterocycles. The fraction of sp³-hybridized carbons (Fsp3) is 0.667. The number of allylic oxidation sites excluding steroid dienone is 3. The summed E-state index contributed by atoms with van der Waals surface area (Å²) >= 11 is 6.82. The Morgan fingerprint density at radius 2 is 1.85 bits per heavy atom. The van der Waals surface area contributed by atoms with Crippen molar-refractivity contribution in [3.63, 3.8) is 0 Å². The number of methoxy groups -OCH3 is 2. The van der Waals surface area contributed by atoms with Crippen molar-refractivity contribution in [2.45, 2.75) is 142 Å². The topological polar surface area (TPSA) is 187 Å². The first kappa shape index (κ1) is 52.9. The molecule has 14 nitrogen and oxygen atoms in total. The zero-order valence-electron chi connectivity index (χ0n) is 38.5. The van der Waals surface area contributed by atoms with Crippen molar-refractivity contribution in [1.29, 1.82) is 0 Å². The van der Waals surface area contributed by atoms with Gasteiger partial charge in [-0.25, -0.2) is 9.59 Å². The second-order valence-corrected chi connectivity index (χ2v) is 20.7. The Balaban J connectivity index is 0.00000504. The van der Waals surface area contributed by atoms with Gasteiger partial charge in [0.05, 0.1) is 19.2 Å². The number of aliphatic hydroxyl groups is 1. The number of nitrogens with one attached hydrogen (secondary N) is 1. The van der Waals surface area contributed by atoms with E-state index < -0.39 is 47.6 Å². The first-order valence-electron chi connectivity index (χ1n) is 21.3. The van der Waals surface area contributed by atoms with Gasteiger partial charge in [0.1, 0.15) is 35.1 Å². The Morgan fingerprint density at radius 3 is 2.48 bits per heavy atom. The molecule has 348 valence electrons. The van der Waals surface area contributed by atoms with E-state index in [-0.39, 0.29) is 58.6 Å². The fourth-order valence-corrected chi connectivity index (χ4v) is 10.9. The van der Waals surface area contributed by atoms with Gasteiger partial charge >= 0.3 is 12.1 Å². The van der Waals surface area contributed by atoms with Gasteiger partial charge in [-0.3, -0.25) is 19.7 Å². The lowest BCUT2D eigenvalue weighted by molar-refractivity contribution is -0.163. The average Bonchev–Trinajstić information content (AvgIpc) is 3.92. The number of rotatable bonds is 14. The minimum Gasteiger partial charge on any atom is -0.495 e. The summed E-state index contributed by atoms with van der Waals surface area (Å²) in [4.78, 5) is 68.6. The fourth-order valence-electron chi connectivity index (χ4n) is 7.91. The number of hydrogen-bond donors (Lipinski definition) is 3. The number of alkyl carbamates (subject to hydrolysis) is 1. The van der Waals surface area contributed by atoms with E-state index >= 15 is 0 Å². The van der Waals surface area contributed by atoms with E-state index in [2.05, 4.69) is 5.32 Å². The van der Waals surface area contributed by atoms with Gasteiger partial charge in [-0.15, -0.1) is 0 Å². The average molecular weight is 926 g/mol. The predicted molar refractivity (Wildman–Crippen MR) is 247 cm³/mol. The molecule has 4 amide bonds. The molecule has 4 N–H and O–H groups in total. The van der Waals surface area contributed by atoms with Crippen molar-refractivity contribution >= 4 is 68.7 Å². The Morgan fingerprint density at radius 1 is 1.18 bits per heavy atom. The van der Waals surface area contributed by atoms with Gasteiger partial charge in [-0.05, 0) is 82.9 Å². The van der Waals surface area contributed by atoms with Crippen LogP contribution in [0.1, 0.15) is 106 Å². The smallest absolute Gasteiger partial charge is 0.409 e. The van der Waals surface area contributed by atoms with Gasteiger partial charge in [0, 0.05) is 56.4 Å². The van der Waals surface area contributed by atoms with Crippen LogP contribution in [0.4, 0.5) is 10.5 Å². The summed E-state index contributed by atoms with van der Waals surface area (Å²) in [6.45, 7) is 15.5. The van der Waals surface area contributed by atoms with Gasteiger partial charge in [-0.1, -0.05) is 84.7 Å². The number of anilines is 1. The predicted octanol–water partition coefficient (Wildman–Crippen LogP) is 7.62. The number of halogens is 1. The standard InChI is InChI=1S/C43H63ClN4O10S2.C2H6/c1-25-13-11-14-33(56-10)43(54)24-32(57-40(53)46-43)26(2)29-23-42(29,6)34(22-37(51)48(8)30-20-28(19-25)21-31(55-9)38(30)44)58-39(52)27(3)47(7)36(50)16-17-41(4,5)60-59-18-12-15-35(45)49;1-2/h11,13-14,20-21,26-27,29,32-34,54H,12,15-19,22-24H2,1-10H3,(H2,45,49)(H,46,53);1-2H3/b14-11+,25-13+;/t26-,27-,29-,32-,33+,34-,42?,43-;/m0./s1. The highest BCUT2D eigenvalue weighted by Gasteiger charge is 2.62. The molecular formula is C45H69ClN4O10S2. The highest BCUT2D eigenvalue weighted by Crippen LogP contribution is 2.61. The van der Waals surface area contributed by atoms with Crippen LogP contribution in [0.5, 0.6) is 5.75 Å². The van der Waals surface area contributed by atoms with Crippen LogP contribution < -0.4 is 20.7 Å². The van der Waals surface area contributed by atoms with E-state index in [9.17, 15) is 29.1 Å². The zero-order chi connectivity index (χ0) is 46.7. The molecule has 1 aliphatic carbocycles. The van der Waals surface area contributed by atoms with Crippen LogP contribution in [0, 0.1) is 17.3 Å². The highest BCUT2D eigenvalue weighted by atomic mass is 35.5. The van der Waals surface area contributed by atoms with Gasteiger partial charge < -0.3 is 39.6 Å². The number of amides is 4. The van der Waals surface area contributed by atoms with E-state index in [1.54, 1.807) is 60.8 Å². The Kier molecular flexibility index (Phi) is 19.6. The van der Waals surface area contributed by atoms with E-state index in [0.29, 0.717) is 43.5 Å². The third kappa shape index (κ3) is 13.8. The molecule has 0 radical (unpaired) electrons. The first-order chi connectivity index (χ1) is 29.0. The van der Waals surface area contributed by atoms with Gasteiger partial charge in [0.25, 0.3) is 0 Å². The Labute approximate surface area is 381 Å². The lowest BCUT2D eigenvalue weighted by atomic mass is 9.83. The molecule has 62 heavy (non-hydrogen) atoms. The molecule has 0 spiro atoms. The van der Waals surface area contributed by atoms with E-state index in [4.69, 9.17) is 36.3 Å². The molecular weight excluding hydrogens is 856 g/mol. The number of nitrogens with zero attached hydrogens (tertiary/aromatic N) is 2. The van der Waals surface area contributed by atoms with Crippen molar-refractivity contribution in [3.8, 4) is 5.75 Å². The van der Waals surface area contributed by atoms with E-state index in [1.807, 2.05) is 60.6 Å². The molecule has 8 atom stereocenters. The normalized spacial score (nSPS) is 28.3. The molecule has 1 aromatic carbocycles. The molecule has 1 saturated heterocycles. The number of benzene rings is 1. The third-order valence-electron chi connectivity index (χ3n) is 12.1. The van der Waals surface area contributed by atoms with Gasteiger partial charge in [0.2, 0.25) is 17.7 Å². The largest absolute Gasteiger partial charge is 0.495 e. The summed E-state index contributed by atoms with van der Waals surface area (Å²) in [5.74, 6) is -0.958. The third-order valence-corrected chi connectivity index (χ3v) is 15.9. The molecule has 1 saturated carbocycles. The number of esters is 1. The maximum absolute atomic E-state index is 14.3. The second-order valence-electron chi connectivity index (χ2n) is 17.2. The summed E-state index contributed by atoms with van der Waals surface area (Å²) < 4.78 is 23.1. The summed E-state index contributed by atoms with van der Waals surface area (Å²) in [5, 5.41) is 14.6. The summed E-state index contributed by atoms with van der Waals surface area (Å²) in [5.41, 5.74) is 4.89. The highest BCUT2D eigenvalue weighted by molar-refractivity contribution is 8.77. The molecule has 4 bridgehead atoms. The number of fused-ring (bicyclic) bond motifs is 5. The summed E-state index contributed by atoms with van der Waals surface area (Å²) in [6.07, 6.45) is 4.50. The maximum atomic E-state index is 14.3. The zero-order valence-corrected chi connectivity index (χ0v) is 40.9. The van der Waals surface area contributed by atoms with Gasteiger partial charge in [0.15, 0.2) is 5.72 Å². The van der Waals surface area contributed by atoms with Crippen molar-refractivity contribution in [2.24, 2.45) is 23.0 Å². The quantitative estimate of drug-likeness (QED) is 0.0943. The number of primary amides is 1. The van der Waals surface area contributed by atoms with Crippen LogP contribution in [-0.4, -0.2) is 109 Å². The molecule has 2 fully saturated rings. The minimum atomic E-state index is -1.79. The lowest BCUT2D eigenvalue weighted by Gasteiger charge is -2.42. The first-order valence-corrected chi connectivity index (χ1v) is 24.0. The summed E-state index contributed by atoms with van der Waals surface area (Å²) in [6, 6.07) is 2.66. The van der Waals surface area contributed by atoms with Crippen molar-refractivity contribution in [1.82, 2.24) is 10.2 Å². The molecule has 2 heterocycles. The van der Waals surface area contributed by atoms with Crippen LogP contribution in [0.2, 0.25) is 5.02 Å². The van der Waals surface area contributed by atoms with Crippen molar-refractivity contribution in [3.05, 3.63) is 46.5 Å². The second kappa shape index (κ2) is 23.0. The number of carbonyl (C=O) groups is 5. The molecule has 0 aromatic heterocycles. The van der Waals surface area contributed by atoms with Crippen LogP contribution >= 0.6 is 33.2 Å². The molecule has 1 aromatic rings. The van der Waals surface area contributed by atoms with Crippen molar-refractivity contribution in [2.75, 3.05) is 39.0 Å². The van der Waals surface area contributed by atoms with E-state index in [0.717, 1.165) is 16.9 Å². The monoisotopic (exact) mass is 924 g/mol. The van der Waals surface area contributed by atoms with Crippen LogP contribution in [0.3, 0.4) is 0 Å². The van der Waals surface area contributed by atoms with Crippen molar-refractivity contribution < 1.29 is 48.0 Å². The Bertz CT molecular complexity index is 1830. The number of carbonyl (C=O) groups excluding carboxylic acids is 5.